The maximum Gasteiger partial charge on any atom is 0.332 e. The smallest absolute Gasteiger partial charge is 0.332 e. The third-order valence-electron chi connectivity index (χ3n) is 4.36. The molecule has 2 aromatic carbocycles. The summed E-state index contributed by atoms with van der Waals surface area (Å²) in [6.45, 7) is 5.63. The number of aryl methyl sites for hydroxylation is 3. The number of anilines is 4. The maximum absolute atomic E-state index is 11.5. The molecule has 1 heterocycles. The lowest BCUT2D eigenvalue weighted by atomic mass is 10.1. The summed E-state index contributed by atoms with van der Waals surface area (Å²) in [6.07, 6.45) is 0. The van der Waals surface area contributed by atoms with Crippen LogP contribution in [0.15, 0.2) is 42.5 Å². The van der Waals surface area contributed by atoms with Gasteiger partial charge >= 0.3 is 5.69 Å². The van der Waals surface area contributed by atoms with Crippen molar-refractivity contribution < 1.29 is 9.66 Å². The fourth-order valence-electron chi connectivity index (χ4n) is 2.69. The molecule has 0 aliphatic carbocycles. The first kappa shape index (κ1) is 19.1. The van der Waals surface area contributed by atoms with Gasteiger partial charge < -0.3 is 15.4 Å². The van der Waals surface area contributed by atoms with Crippen molar-refractivity contribution in [2.75, 3.05) is 17.7 Å². The number of nitrogens with one attached hydrogen (secondary N) is 2. The summed E-state index contributed by atoms with van der Waals surface area (Å²) in [7, 11) is 1.58. The van der Waals surface area contributed by atoms with Crippen LogP contribution in [0.4, 0.5) is 28.8 Å². The van der Waals surface area contributed by atoms with Gasteiger partial charge in [0.25, 0.3) is 0 Å². The van der Waals surface area contributed by atoms with Gasteiger partial charge in [0.05, 0.1) is 12.0 Å². The molecule has 0 radical (unpaired) electrons. The largest absolute Gasteiger partial charge is 0.497 e. The molecule has 0 unspecified atom stereocenters. The second-order valence-electron chi connectivity index (χ2n) is 6.36. The average Bonchev–Trinajstić information content (AvgIpc) is 2.65. The Morgan fingerprint density at radius 3 is 2.21 bits per heavy atom. The molecule has 1 aromatic heterocycles. The van der Waals surface area contributed by atoms with E-state index in [9.17, 15) is 10.1 Å². The van der Waals surface area contributed by atoms with E-state index in [1.165, 1.54) is 5.56 Å². The number of rotatable bonds is 6. The Hall–Kier alpha value is -3.68. The van der Waals surface area contributed by atoms with Crippen molar-refractivity contribution >= 4 is 28.8 Å². The van der Waals surface area contributed by atoms with Crippen LogP contribution in [0.5, 0.6) is 5.75 Å². The first-order valence-corrected chi connectivity index (χ1v) is 8.65. The van der Waals surface area contributed by atoms with E-state index in [-0.39, 0.29) is 23.1 Å². The highest BCUT2D eigenvalue weighted by atomic mass is 16.6. The minimum absolute atomic E-state index is 0.119. The van der Waals surface area contributed by atoms with Crippen molar-refractivity contribution in [1.82, 2.24) is 9.97 Å². The molecule has 0 spiro atoms. The molecule has 0 fully saturated rings. The van der Waals surface area contributed by atoms with E-state index in [1.54, 1.807) is 38.3 Å². The Labute approximate surface area is 162 Å². The highest BCUT2D eigenvalue weighted by molar-refractivity contribution is 5.69. The van der Waals surface area contributed by atoms with Crippen molar-refractivity contribution in [1.29, 1.82) is 0 Å². The van der Waals surface area contributed by atoms with E-state index in [2.05, 4.69) is 20.6 Å². The second kappa shape index (κ2) is 7.91. The summed E-state index contributed by atoms with van der Waals surface area (Å²) < 4.78 is 5.13. The average molecular weight is 379 g/mol. The van der Waals surface area contributed by atoms with Crippen molar-refractivity contribution in [3.8, 4) is 5.75 Å². The fraction of sp³-hybridized carbons (Fsp3) is 0.200. The number of nitro groups is 1. The Kier molecular flexibility index (Phi) is 5.39. The molecule has 28 heavy (non-hydrogen) atoms. The molecule has 0 aliphatic rings. The van der Waals surface area contributed by atoms with Gasteiger partial charge in [0, 0.05) is 11.4 Å². The molecule has 3 aromatic rings. The van der Waals surface area contributed by atoms with Gasteiger partial charge in [-0.1, -0.05) is 6.07 Å². The third kappa shape index (κ3) is 4.17. The summed E-state index contributed by atoms with van der Waals surface area (Å²) in [5.41, 5.74) is 3.86. The minimum Gasteiger partial charge on any atom is -0.497 e. The standard InChI is InChI=1S/C20H21N5O3/c1-12-5-6-16(11-13(12)2)23-20-21-14(3)18(25(26)27)19(24-20)22-15-7-9-17(28-4)10-8-15/h5-11H,1-4H3,(H2,21,22,23,24). The topological polar surface area (TPSA) is 102 Å². The normalized spacial score (nSPS) is 10.4. The summed E-state index contributed by atoms with van der Waals surface area (Å²) in [5, 5.41) is 17.7. The Morgan fingerprint density at radius 1 is 0.929 bits per heavy atom. The van der Waals surface area contributed by atoms with Crippen molar-refractivity contribution in [3.63, 3.8) is 0 Å². The van der Waals surface area contributed by atoms with Crippen LogP contribution in [0.25, 0.3) is 0 Å². The molecule has 8 nitrogen and oxygen atoms in total. The lowest BCUT2D eigenvalue weighted by Gasteiger charge is -2.12. The predicted molar refractivity (Wildman–Crippen MR) is 109 cm³/mol. The molecular weight excluding hydrogens is 358 g/mol. The lowest BCUT2D eigenvalue weighted by Crippen LogP contribution is -2.07. The van der Waals surface area contributed by atoms with E-state index >= 15 is 0 Å². The number of aromatic nitrogens is 2. The molecule has 2 N–H and O–H groups in total. The van der Waals surface area contributed by atoms with Gasteiger partial charge in [-0.3, -0.25) is 10.1 Å². The van der Waals surface area contributed by atoms with Crippen LogP contribution < -0.4 is 15.4 Å². The van der Waals surface area contributed by atoms with Crippen LogP contribution in [-0.2, 0) is 0 Å². The van der Waals surface area contributed by atoms with Crippen LogP contribution >= 0.6 is 0 Å². The first-order chi connectivity index (χ1) is 13.4. The monoisotopic (exact) mass is 379 g/mol. The van der Waals surface area contributed by atoms with E-state index in [0.717, 1.165) is 11.3 Å². The summed E-state index contributed by atoms with van der Waals surface area (Å²) >= 11 is 0. The zero-order valence-corrected chi connectivity index (χ0v) is 16.1. The maximum atomic E-state index is 11.5. The SMILES string of the molecule is COc1ccc(Nc2nc(Nc3ccc(C)c(C)c3)nc(C)c2[N+](=O)[O-])cc1. The Bertz CT molecular complexity index is 1020. The van der Waals surface area contributed by atoms with Gasteiger partial charge in [0.2, 0.25) is 11.8 Å². The van der Waals surface area contributed by atoms with E-state index in [4.69, 9.17) is 4.74 Å². The molecule has 0 amide bonds. The summed E-state index contributed by atoms with van der Waals surface area (Å²) in [6, 6.07) is 12.9. The quantitative estimate of drug-likeness (QED) is 0.468. The van der Waals surface area contributed by atoms with Crippen molar-refractivity contribution in [3.05, 3.63) is 69.4 Å². The highest BCUT2D eigenvalue weighted by Gasteiger charge is 2.22. The van der Waals surface area contributed by atoms with Crippen LogP contribution in [0.3, 0.4) is 0 Å². The van der Waals surface area contributed by atoms with Crippen molar-refractivity contribution in [2.24, 2.45) is 0 Å². The van der Waals surface area contributed by atoms with E-state index < -0.39 is 4.92 Å². The van der Waals surface area contributed by atoms with Crippen LogP contribution in [0, 0.1) is 30.9 Å². The number of benzene rings is 2. The molecule has 0 bridgehead atoms. The molecule has 0 atom stereocenters. The minimum atomic E-state index is -0.485. The fourth-order valence-corrected chi connectivity index (χ4v) is 2.69. The van der Waals surface area contributed by atoms with Crippen molar-refractivity contribution in [2.45, 2.75) is 20.8 Å². The molecule has 0 saturated heterocycles. The summed E-state index contributed by atoms with van der Waals surface area (Å²) in [5.74, 6) is 1.09. The molecule has 144 valence electrons. The van der Waals surface area contributed by atoms with Gasteiger partial charge in [-0.15, -0.1) is 0 Å². The first-order valence-electron chi connectivity index (χ1n) is 8.65. The molecule has 8 heteroatoms. The molecular formula is C20H21N5O3. The zero-order valence-electron chi connectivity index (χ0n) is 16.1. The number of hydrogen-bond acceptors (Lipinski definition) is 7. The van der Waals surface area contributed by atoms with Crippen LogP contribution in [-0.4, -0.2) is 22.0 Å². The van der Waals surface area contributed by atoms with Gasteiger partial charge in [0.15, 0.2) is 0 Å². The van der Waals surface area contributed by atoms with Crippen LogP contribution in [0.2, 0.25) is 0 Å². The van der Waals surface area contributed by atoms with E-state index in [1.807, 2.05) is 32.0 Å². The second-order valence-corrected chi connectivity index (χ2v) is 6.36. The molecule has 0 saturated carbocycles. The van der Waals surface area contributed by atoms with E-state index in [0.29, 0.717) is 11.4 Å². The van der Waals surface area contributed by atoms with Gasteiger partial charge in [-0.2, -0.15) is 4.98 Å². The molecule has 3 rings (SSSR count). The summed E-state index contributed by atoms with van der Waals surface area (Å²) in [4.78, 5) is 19.6. The lowest BCUT2D eigenvalue weighted by molar-refractivity contribution is -0.385. The number of ether oxygens (including phenoxy) is 1. The van der Waals surface area contributed by atoms with Crippen LogP contribution in [0.1, 0.15) is 16.8 Å². The molecule has 0 aliphatic heterocycles. The number of nitrogens with zero attached hydrogens (tertiary/aromatic N) is 3. The van der Waals surface area contributed by atoms with Gasteiger partial charge in [0.1, 0.15) is 11.4 Å². The van der Waals surface area contributed by atoms with Gasteiger partial charge in [-0.25, -0.2) is 4.98 Å². The highest BCUT2D eigenvalue weighted by Crippen LogP contribution is 2.30. The third-order valence-corrected chi connectivity index (χ3v) is 4.36. The van der Waals surface area contributed by atoms with Gasteiger partial charge in [-0.05, 0) is 68.3 Å². The number of methoxy groups -OCH3 is 1. The zero-order chi connectivity index (χ0) is 20.3. The Morgan fingerprint density at radius 2 is 1.61 bits per heavy atom. The predicted octanol–water partition coefficient (Wildman–Crippen LogP) is 4.81. The number of hydrogen-bond donors (Lipinski definition) is 2. The Balaban J connectivity index is 1.96.